The fraction of sp³-hybridized carbons (Fsp3) is 1.00. The summed E-state index contributed by atoms with van der Waals surface area (Å²) in [5, 5.41) is 0. The van der Waals surface area contributed by atoms with Crippen molar-refractivity contribution in [2.75, 3.05) is 7.05 Å². The summed E-state index contributed by atoms with van der Waals surface area (Å²) in [4.78, 5) is 2.60. The normalized spacial score (nSPS) is 31.8. The maximum atomic E-state index is 2.60. The molecule has 2 atom stereocenters. The molecule has 1 nitrogen and oxygen atoms in total. The summed E-state index contributed by atoms with van der Waals surface area (Å²) in [5.41, 5.74) is 0. The molecule has 1 aliphatic heterocycles. The van der Waals surface area contributed by atoms with Crippen LogP contribution in [-0.2, 0) is 0 Å². The van der Waals surface area contributed by atoms with Gasteiger partial charge in [0.15, 0.2) is 0 Å². The molecule has 1 rings (SSSR count). The van der Waals surface area contributed by atoms with Crippen LogP contribution in [0.15, 0.2) is 0 Å². The first-order valence-corrected chi connectivity index (χ1v) is 5.37. The smallest absolute Gasteiger partial charge is 0.00981 e. The average molecular weight is 169 g/mol. The van der Waals surface area contributed by atoms with Crippen LogP contribution in [0.5, 0.6) is 0 Å². The van der Waals surface area contributed by atoms with Gasteiger partial charge < -0.3 is 4.90 Å². The molecule has 1 saturated heterocycles. The molecule has 0 aromatic rings. The van der Waals surface area contributed by atoms with E-state index >= 15 is 0 Å². The highest BCUT2D eigenvalue weighted by atomic mass is 15.2. The van der Waals surface area contributed by atoms with Gasteiger partial charge in [-0.1, -0.05) is 20.8 Å². The van der Waals surface area contributed by atoms with Crippen molar-refractivity contribution in [2.45, 2.75) is 58.5 Å². The average Bonchev–Trinajstić information content (AvgIpc) is 2.32. The Hall–Kier alpha value is -0.0400. The van der Waals surface area contributed by atoms with Gasteiger partial charge in [0.2, 0.25) is 0 Å². The second-order valence-electron chi connectivity index (χ2n) is 4.59. The van der Waals surface area contributed by atoms with E-state index in [9.17, 15) is 0 Å². The molecular formula is C11H23N. The predicted octanol–water partition coefficient (Wildman–Crippen LogP) is 2.91. The summed E-state index contributed by atoms with van der Waals surface area (Å²) in [6.45, 7) is 6.96. The number of hydrogen-bond acceptors (Lipinski definition) is 1. The number of nitrogens with zero attached hydrogens (tertiary/aromatic N) is 1. The third-order valence-corrected chi connectivity index (χ3v) is 3.20. The van der Waals surface area contributed by atoms with E-state index in [2.05, 4.69) is 32.7 Å². The molecule has 0 radical (unpaired) electrons. The van der Waals surface area contributed by atoms with Gasteiger partial charge in [-0.3, -0.25) is 0 Å². The van der Waals surface area contributed by atoms with Crippen LogP contribution in [0.25, 0.3) is 0 Å². The van der Waals surface area contributed by atoms with Gasteiger partial charge in [-0.2, -0.15) is 0 Å². The third kappa shape index (κ3) is 2.22. The Morgan fingerprint density at radius 2 is 1.83 bits per heavy atom. The summed E-state index contributed by atoms with van der Waals surface area (Å²) < 4.78 is 0. The minimum Gasteiger partial charge on any atom is -0.300 e. The molecule has 12 heavy (non-hydrogen) atoms. The van der Waals surface area contributed by atoms with Gasteiger partial charge in [-0.15, -0.1) is 0 Å². The first-order valence-electron chi connectivity index (χ1n) is 5.37. The summed E-state index contributed by atoms with van der Waals surface area (Å²) in [6.07, 6.45) is 5.55. The van der Waals surface area contributed by atoms with Crippen molar-refractivity contribution < 1.29 is 0 Å². The number of rotatable bonds is 3. The molecule has 0 bridgehead atoms. The Morgan fingerprint density at radius 3 is 2.25 bits per heavy atom. The lowest BCUT2D eigenvalue weighted by atomic mass is 10.0. The first kappa shape index (κ1) is 10.0. The van der Waals surface area contributed by atoms with Crippen molar-refractivity contribution in [2.24, 2.45) is 5.92 Å². The van der Waals surface area contributed by atoms with Gasteiger partial charge in [-0.05, 0) is 38.6 Å². The van der Waals surface area contributed by atoms with Gasteiger partial charge in [0.1, 0.15) is 0 Å². The van der Waals surface area contributed by atoms with Crippen molar-refractivity contribution >= 4 is 0 Å². The molecule has 2 unspecified atom stereocenters. The van der Waals surface area contributed by atoms with Crippen LogP contribution in [0.2, 0.25) is 0 Å². The summed E-state index contributed by atoms with van der Waals surface area (Å²) in [7, 11) is 2.30. The Kier molecular flexibility index (Phi) is 3.57. The lowest BCUT2D eigenvalue weighted by molar-refractivity contribution is 0.213. The molecule has 0 aromatic carbocycles. The summed E-state index contributed by atoms with van der Waals surface area (Å²) in [5.74, 6) is 0.855. The van der Waals surface area contributed by atoms with E-state index < -0.39 is 0 Å². The Labute approximate surface area is 77.1 Å². The van der Waals surface area contributed by atoms with Gasteiger partial charge in [0, 0.05) is 12.1 Å². The zero-order chi connectivity index (χ0) is 9.14. The molecule has 72 valence electrons. The molecule has 0 spiro atoms. The zero-order valence-corrected chi connectivity index (χ0v) is 9.01. The van der Waals surface area contributed by atoms with E-state index in [-0.39, 0.29) is 0 Å². The third-order valence-electron chi connectivity index (χ3n) is 3.20. The molecule has 1 fully saturated rings. The molecule has 1 heterocycles. The van der Waals surface area contributed by atoms with E-state index in [1.165, 1.54) is 25.7 Å². The second-order valence-corrected chi connectivity index (χ2v) is 4.59. The molecule has 0 amide bonds. The fourth-order valence-corrected chi connectivity index (χ4v) is 2.41. The van der Waals surface area contributed by atoms with Gasteiger partial charge in [-0.25, -0.2) is 0 Å². The molecule has 1 aliphatic rings. The maximum Gasteiger partial charge on any atom is 0.00981 e. The number of likely N-dealkylation sites (tertiary alicyclic amines) is 1. The van der Waals surface area contributed by atoms with Gasteiger partial charge in [0.05, 0.1) is 0 Å². The van der Waals surface area contributed by atoms with Crippen molar-refractivity contribution in [1.29, 1.82) is 0 Å². The largest absolute Gasteiger partial charge is 0.300 e. The van der Waals surface area contributed by atoms with Crippen LogP contribution >= 0.6 is 0 Å². The summed E-state index contributed by atoms with van der Waals surface area (Å²) in [6, 6.07) is 1.74. The number of hydrogen-bond donors (Lipinski definition) is 0. The van der Waals surface area contributed by atoms with Crippen LogP contribution in [0.3, 0.4) is 0 Å². The van der Waals surface area contributed by atoms with Crippen molar-refractivity contribution in [3.05, 3.63) is 0 Å². The van der Waals surface area contributed by atoms with Crippen molar-refractivity contribution in [1.82, 2.24) is 4.90 Å². The van der Waals surface area contributed by atoms with Crippen LogP contribution < -0.4 is 0 Å². The molecule has 1 heteroatoms. The summed E-state index contributed by atoms with van der Waals surface area (Å²) >= 11 is 0. The monoisotopic (exact) mass is 169 g/mol. The predicted molar refractivity (Wildman–Crippen MR) is 54.3 cm³/mol. The molecular weight excluding hydrogens is 146 g/mol. The van der Waals surface area contributed by atoms with Crippen molar-refractivity contribution in [3.8, 4) is 0 Å². The molecule has 0 aliphatic carbocycles. The van der Waals surface area contributed by atoms with E-state index in [4.69, 9.17) is 0 Å². The lowest BCUT2D eigenvalue weighted by Crippen LogP contribution is -2.32. The highest BCUT2D eigenvalue weighted by Crippen LogP contribution is 2.28. The minimum absolute atomic E-state index is 0.855. The quantitative estimate of drug-likeness (QED) is 0.628. The zero-order valence-electron chi connectivity index (χ0n) is 9.01. The van der Waals surface area contributed by atoms with Crippen molar-refractivity contribution in [3.63, 3.8) is 0 Å². The standard InChI is InChI=1S/C11H23N/c1-5-10-6-7-11(12(10)4)8-9(2)3/h9-11H,5-8H2,1-4H3. The van der Waals surface area contributed by atoms with Gasteiger partial charge >= 0.3 is 0 Å². The highest BCUT2D eigenvalue weighted by molar-refractivity contribution is 4.84. The SMILES string of the molecule is CCC1CCC(CC(C)C)N1C. The van der Waals surface area contributed by atoms with Gasteiger partial charge in [0.25, 0.3) is 0 Å². The molecule has 0 saturated carbocycles. The Balaban J connectivity index is 2.38. The first-order chi connectivity index (χ1) is 5.65. The van der Waals surface area contributed by atoms with Crippen LogP contribution in [0.4, 0.5) is 0 Å². The van der Waals surface area contributed by atoms with E-state index in [0.29, 0.717) is 0 Å². The van der Waals surface area contributed by atoms with Crippen LogP contribution in [0, 0.1) is 5.92 Å². The Bertz CT molecular complexity index is 131. The second kappa shape index (κ2) is 4.27. The highest BCUT2D eigenvalue weighted by Gasteiger charge is 2.28. The topological polar surface area (TPSA) is 3.24 Å². The minimum atomic E-state index is 0.855. The Morgan fingerprint density at radius 1 is 1.25 bits per heavy atom. The van der Waals surface area contributed by atoms with E-state index in [1.54, 1.807) is 0 Å². The van der Waals surface area contributed by atoms with E-state index in [1.807, 2.05) is 0 Å². The lowest BCUT2D eigenvalue weighted by Gasteiger charge is -2.26. The maximum absolute atomic E-state index is 2.60. The van der Waals surface area contributed by atoms with Crippen LogP contribution in [-0.4, -0.2) is 24.0 Å². The van der Waals surface area contributed by atoms with E-state index in [0.717, 1.165) is 18.0 Å². The molecule has 0 aromatic heterocycles. The van der Waals surface area contributed by atoms with Crippen LogP contribution in [0.1, 0.15) is 46.5 Å². The molecule has 0 N–H and O–H groups in total. The fourth-order valence-electron chi connectivity index (χ4n) is 2.41.